The molecule has 0 aliphatic heterocycles. The summed E-state index contributed by atoms with van der Waals surface area (Å²) < 4.78 is 5.93. The van der Waals surface area contributed by atoms with Crippen LogP contribution < -0.4 is 5.32 Å². The van der Waals surface area contributed by atoms with Crippen molar-refractivity contribution in [2.75, 3.05) is 0 Å². The Morgan fingerprint density at radius 3 is 2.18 bits per heavy atom. The van der Waals surface area contributed by atoms with E-state index in [9.17, 15) is 0 Å². The van der Waals surface area contributed by atoms with Crippen LogP contribution in [-0.2, 0) is 6.54 Å². The molecule has 0 radical (unpaired) electrons. The van der Waals surface area contributed by atoms with Gasteiger partial charge in [0.1, 0.15) is 11.5 Å². The second-order valence-electron chi connectivity index (χ2n) is 7.75. The third-order valence-corrected chi connectivity index (χ3v) is 3.76. The first-order valence-electron chi connectivity index (χ1n) is 7.74. The number of halogens is 1. The summed E-state index contributed by atoms with van der Waals surface area (Å²) in [6, 6.07) is 11.7. The zero-order chi connectivity index (χ0) is 16.4. The Hall–Kier alpha value is -1.25. The summed E-state index contributed by atoms with van der Waals surface area (Å²) in [5.41, 5.74) is 1.42. The van der Waals surface area contributed by atoms with Crippen molar-refractivity contribution in [2.45, 2.75) is 53.1 Å². The molecule has 0 aliphatic carbocycles. The van der Waals surface area contributed by atoms with Crippen molar-refractivity contribution >= 4 is 11.6 Å². The average molecular weight is 320 g/mol. The lowest BCUT2D eigenvalue weighted by atomic mass is 9.82. The van der Waals surface area contributed by atoms with E-state index in [1.54, 1.807) is 0 Å². The fraction of sp³-hybridized carbons (Fsp3) is 0.474. The van der Waals surface area contributed by atoms with E-state index in [1.165, 1.54) is 0 Å². The first kappa shape index (κ1) is 17.1. The lowest BCUT2D eigenvalue weighted by Crippen LogP contribution is -2.41. The Morgan fingerprint density at radius 1 is 0.955 bits per heavy atom. The van der Waals surface area contributed by atoms with Gasteiger partial charge in [-0.1, -0.05) is 32.4 Å². The molecule has 0 saturated heterocycles. The van der Waals surface area contributed by atoms with E-state index >= 15 is 0 Å². The molecule has 0 atom stereocenters. The van der Waals surface area contributed by atoms with Gasteiger partial charge in [-0.2, -0.15) is 0 Å². The van der Waals surface area contributed by atoms with Gasteiger partial charge in [-0.3, -0.25) is 0 Å². The molecule has 1 aromatic carbocycles. The molecule has 1 heterocycles. The van der Waals surface area contributed by atoms with Crippen LogP contribution in [0.5, 0.6) is 0 Å². The Labute approximate surface area is 138 Å². The zero-order valence-electron chi connectivity index (χ0n) is 14.2. The van der Waals surface area contributed by atoms with Gasteiger partial charge in [0.05, 0.1) is 6.54 Å². The summed E-state index contributed by atoms with van der Waals surface area (Å²) in [5, 5.41) is 4.33. The Bertz CT molecular complexity index is 605. The quantitative estimate of drug-likeness (QED) is 0.741. The molecule has 0 bridgehead atoms. The number of nitrogens with one attached hydrogen (secondary N) is 1. The zero-order valence-corrected chi connectivity index (χ0v) is 14.9. The molecule has 2 aromatic rings. The summed E-state index contributed by atoms with van der Waals surface area (Å²) >= 11 is 5.92. The molecule has 0 saturated carbocycles. The first-order chi connectivity index (χ1) is 10.1. The fourth-order valence-electron chi connectivity index (χ4n) is 2.96. The topological polar surface area (TPSA) is 25.2 Å². The molecule has 1 aromatic heterocycles. The molecular weight excluding hydrogens is 294 g/mol. The second-order valence-corrected chi connectivity index (χ2v) is 8.18. The second kappa shape index (κ2) is 6.47. The minimum absolute atomic E-state index is 0.0749. The van der Waals surface area contributed by atoms with Crippen LogP contribution >= 0.6 is 11.6 Å². The van der Waals surface area contributed by atoms with Crippen LogP contribution in [-0.4, -0.2) is 5.54 Å². The lowest BCUT2D eigenvalue weighted by Gasteiger charge is -2.33. The van der Waals surface area contributed by atoms with E-state index in [1.807, 2.05) is 36.4 Å². The van der Waals surface area contributed by atoms with E-state index < -0.39 is 0 Å². The van der Waals surface area contributed by atoms with Gasteiger partial charge >= 0.3 is 0 Å². The summed E-state index contributed by atoms with van der Waals surface area (Å²) in [4.78, 5) is 0. The number of benzene rings is 1. The lowest BCUT2D eigenvalue weighted by molar-refractivity contribution is 0.236. The smallest absolute Gasteiger partial charge is 0.134 e. The molecule has 120 valence electrons. The van der Waals surface area contributed by atoms with Gasteiger partial charge in [-0.05, 0) is 62.1 Å². The molecule has 1 N–H and O–H groups in total. The molecule has 2 nitrogen and oxygen atoms in total. The van der Waals surface area contributed by atoms with E-state index in [4.69, 9.17) is 16.0 Å². The van der Waals surface area contributed by atoms with Crippen molar-refractivity contribution < 1.29 is 4.42 Å². The summed E-state index contributed by atoms with van der Waals surface area (Å²) in [6.07, 6.45) is 1.10. The van der Waals surface area contributed by atoms with Gasteiger partial charge in [0.2, 0.25) is 0 Å². The number of rotatable bonds is 5. The van der Waals surface area contributed by atoms with E-state index in [-0.39, 0.29) is 5.54 Å². The summed E-state index contributed by atoms with van der Waals surface area (Å²) in [6.45, 7) is 12.0. The Balaban J connectivity index is 1.99. The van der Waals surface area contributed by atoms with Crippen LogP contribution in [0.2, 0.25) is 5.02 Å². The molecule has 0 unspecified atom stereocenters. The number of hydrogen-bond acceptors (Lipinski definition) is 2. The van der Waals surface area contributed by atoms with Crippen LogP contribution in [0.25, 0.3) is 11.3 Å². The van der Waals surface area contributed by atoms with Crippen LogP contribution in [0.4, 0.5) is 0 Å². The van der Waals surface area contributed by atoms with Gasteiger partial charge in [-0.15, -0.1) is 0 Å². The molecule has 3 heteroatoms. The summed E-state index contributed by atoms with van der Waals surface area (Å²) in [5.74, 6) is 1.83. The largest absolute Gasteiger partial charge is 0.460 e. The van der Waals surface area contributed by atoms with Gasteiger partial charge < -0.3 is 9.73 Å². The molecule has 22 heavy (non-hydrogen) atoms. The van der Waals surface area contributed by atoms with Gasteiger partial charge in [0, 0.05) is 16.1 Å². The maximum Gasteiger partial charge on any atom is 0.134 e. The van der Waals surface area contributed by atoms with E-state index in [2.05, 4.69) is 39.9 Å². The molecular formula is C19H26ClNO. The molecule has 2 rings (SSSR count). The molecule has 0 amide bonds. The molecule has 0 spiro atoms. The maximum absolute atomic E-state index is 5.93. The minimum Gasteiger partial charge on any atom is -0.460 e. The monoisotopic (exact) mass is 319 g/mol. The van der Waals surface area contributed by atoms with Crippen molar-refractivity contribution in [1.82, 2.24) is 5.32 Å². The standard InChI is InChI=1S/C19H26ClNO/c1-18(2,3)13-19(4,5)21-12-16-10-11-17(22-16)14-6-8-15(20)9-7-14/h6-11,21H,12-13H2,1-5H3. The van der Waals surface area contributed by atoms with Crippen molar-refractivity contribution in [3.8, 4) is 11.3 Å². The van der Waals surface area contributed by atoms with Crippen LogP contribution in [0.15, 0.2) is 40.8 Å². The van der Waals surface area contributed by atoms with Crippen LogP contribution in [0, 0.1) is 5.41 Å². The predicted octanol–water partition coefficient (Wildman–Crippen LogP) is 5.90. The third-order valence-electron chi connectivity index (χ3n) is 3.50. The van der Waals surface area contributed by atoms with Crippen molar-refractivity contribution in [2.24, 2.45) is 5.41 Å². The number of hydrogen-bond donors (Lipinski definition) is 1. The van der Waals surface area contributed by atoms with Crippen LogP contribution in [0.3, 0.4) is 0 Å². The van der Waals surface area contributed by atoms with Gasteiger partial charge in [-0.25, -0.2) is 0 Å². The van der Waals surface area contributed by atoms with E-state index in [0.29, 0.717) is 5.41 Å². The van der Waals surface area contributed by atoms with Crippen molar-refractivity contribution in [1.29, 1.82) is 0 Å². The highest BCUT2D eigenvalue weighted by molar-refractivity contribution is 6.30. The first-order valence-corrected chi connectivity index (χ1v) is 8.12. The van der Waals surface area contributed by atoms with Crippen LogP contribution in [0.1, 0.15) is 46.8 Å². The number of furan rings is 1. The predicted molar refractivity (Wildman–Crippen MR) is 94.1 cm³/mol. The highest BCUT2D eigenvalue weighted by Gasteiger charge is 2.25. The molecule has 0 aliphatic rings. The van der Waals surface area contributed by atoms with Gasteiger partial charge in [0.15, 0.2) is 0 Å². The summed E-state index contributed by atoms with van der Waals surface area (Å²) in [7, 11) is 0. The maximum atomic E-state index is 5.93. The Morgan fingerprint density at radius 2 is 1.59 bits per heavy atom. The van der Waals surface area contributed by atoms with Crippen molar-refractivity contribution in [3.63, 3.8) is 0 Å². The average Bonchev–Trinajstić information content (AvgIpc) is 2.83. The van der Waals surface area contributed by atoms with E-state index in [0.717, 1.165) is 35.1 Å². The fourth-order valence-corrected chi connectivity index (χ4v) is 3.08. The van der Waals surface area contributed by atoms with Gasteiger partial charge in [0.25, 0.3) is 0 Å². The highest BCUT2D eigenvalue weighted by atomic mass is 35.5. The molecule has 0 fully saturated rings. The normalized spacial score (nSPS) is 12.6. The van der Waals surface area contributed by atoms with Crippen molar-refractivity contribution in [3.05, 3.63) is 47.2 Å². The SMILES string of the molecule is CC(C)(C)CC(C)(C)NCc1ccc(-c2ccc(Cl)cc2)o1. The third kappa shape index (κ3) is 5.19. The Kier molecular flexibility index (Phi) is 5.03. The highest BCUT2D eigenvalue weighted by Crippen LogP contribution is 2.28. The minimum atomic E-state index is 0.0749.